The van der Waals surface area contributed by atoms with Crippen molar-refractivity contribution in [1.29, 1.82) is 0 Å². The molecule has 0 aliphatic rings. The SMILES string of the molecule is CCCCCCCCCCCCCCCCCCCCC(=O)OC[C@H](COP(=O)(O)OC[C@@H](O)COP(=O)(O)OC[C@@H](COC(=O)CCCCCCCCC)OC(=O)CCCCCCCCCCC)OC(=O)CCCCCCCCCCCCCCCCCCC(C)C. The van der Waals surface area contributed by atoms with Crippen LogP contribution in [0, 0.1) is 5.92 Å². The summed E-state index contributed by atoms with van der Waals surface area (Å²) in [5.74, 6) is -1.31. The van der Waals surface area contributed by atoms with Gasteiger partial charge < -0.3 is 33.8 Å². The number of hydrogen-bond donors (Lipinski definition) is 3. The quantitative estimate of drug-likeness (QED) is 0.0222. The van der Waals surface area contributed by atoms with Crippen molar-refractivity contribution in [3.8, 4) is 0 Å². The predicted molar refractivity (Wildman–Crippen MR) is 377 cm³/mol. The van der Waals surface area contributed by atoms with Crippen molar-refractivity contribution in [2.75, 3.05) is 39.6 Å². The summed E-state index contributed by atoms with van der Waals surface area (Å²) in [6.07, 6.45) is 55.8. The Morgan fingerprint density at radius 1 is 0.290 bits per heavy atom. The maximum atomic E-state index is 13.1. The number of phosphoric acid groups is 2. The fraction of sp³-hybridized carbons (Fsp3) is 0.946. The number of rotatable bonds is 74. The molecule has 5 atom stereocenters. The zero-order chi connectivity index (χ0) is 68.4. The van der Waals surface area contributed by atoms with Crippen LogP contribution >= 0.6 is 15.6 Å². The van der Waals surface area contributed by atoms with Gasteiger partial charge in [-0.15, -0.1) is 0 Å². The molecule has 0 heterocycles. The Labute approximate surface area is 568 Å². The van der Waals surface area contributed by atoms with Crippen LogP contribution < -0.4 is 0 Å². The standard InChI is InChI=1S/C74H144O17P2/c1-6-9-12-15-18-20-21-22-23-24-25-29-32-35-39-43-48-53-58-72(77)85-64-70(91-74(79)60-55-50-45-40-36-33-30-27-26-28-31-34-38-42-46-51-56-67(4)5)66-89-93(82,83)87-62-68(75)61-86-92(80,81)88-65-69(63-84-71(76)57-52-47-41-17-14-11-8-3)90-73(78)59-54-49-44-37-19-16-13-10-7-2/h67-70,75H,6-66H2,1-5H3,(H,80,81)(H,82,83)/t68-,69+,70+/m0/s1. The summed E-state index contributed by atoms with van der Waals surface area (Å²) in [4.78, 5) is 72.5. The molecule has 0 fully saturated rings. The van der Waals surface area contributed by atoms with Crippen molar-refractivity contribution in [3.05, 3.63) is 0 Å². The summed E-state index contributed by atoms with van der Waals surface area (Å²) in [5, 5.41) is 10.6. The van der Waals surface area contributed by atoms with Gasteiger partial charge in [0.05, 0.1) is 26.4 Å². The monoisotopic (exact) mass is 1370 g/mol. The molecule has 0 aromatic heterocycles. The van der Waals surface area contributed by atoms with Gasteiger partial charge in [-0.25, -0.2) is 9.13 Å². The lowest BCUT2D eigenvalue weighted by molar-refractivity contribution is -0.161. The smallest absolute Gasteiger partial charge is 0.462 e. The highest BCUT2D eigenvalue weighted by atomic mass is 31.2. The summed E-state index contributed by atoms with van der Waals surface area (Å²) in [6.45, 7) is 7.25. The van der Waals surface area contributed by atoms with Gasteiger partial charge in [0.25, 0.3) is 0 Å². The Morgan fingerprint density at radius 3 is 0.731 bits per heavy atom. The van der Waals surface area contributed by atoms with E-state index in [-0.39, 0.29) is 25.7 Å². The molecular weight excluding hydrogens is 1220 g/mol. The second-order valence-electron chi connectivity index (χ2n) is 27.2. The molecule has 93 heavy (non-hydrogen) atoms. The second kappa shape index (κ2) is 67.3. The number of esters is 4. The Balaban J connectivity index is 5.15. The lowest BCUT2D eigenvalue weighted by atomic mass is 10.0. The fourth-order valence-electron chi connectivity index (χ4n) is 11.4. The zero-order valence-corrected chi connectivity index (χ0v) is 62.2. The van der Waals surface area contributed by atoms with Crippen molar-refractivity contribution in [2.24, 2.45) is 5.92 Å². The summed E-state index contributed by atoms with van der Waals surface area (Å²) in [7, 11) is -9.90. The van der Waals surface area contributed by atoms with Gasteiger partial charge in [0.2, 0.25) is 0 Å². The molecule has 2 unspecified atom stereocenters. The lowest BCUT2D eigenvalue weighted by Gasteiger charge is -2.21. The first kappa shape index (κ1) is 91.1. The van der Waals surface area contributed by atoms with Crippen LogP contribution in [0.2, 0.25) is 0 Å². The number of unbranched alkanes of at least 4 members (excludes halogenated alkanes) is 46. The van der Waals surface area contributed by atoms with E-state index in [2.05, 4.69) is 34.6 Å². The van der Waals surface area contributed by atoms with Gasteiger partial charge in [0, 0.05) is 25.7 Å². The third-order valence-electron chi connectivity index (χ3n) is 17.3. The van der Waals surface area contributed by atoms with Crippen molar-refractivity contribution in [1.82, 2.24) is 0 Å². The average molecular weight is 1370 g/mol. The number of phosphoric ester groups is 2. The molecule has 17 nitrogen and oxygen atoms in total. The molecule has 0 rings (SSSR count). The zero-order valence-electron chi connectivity index (χ0n) is 60.4. The first-order chi connectivity index (χ1) is 45.0. The van der Waals surface area contributed by atoms with Crippen LogP contribution in [0.25, 0.3) is 0 Å². The highest BCUT2D eigenvalue weighted by molar-refractivity contribution is 7.47. The number of hydrogen-bond acceptors (Lipinski definition) is 15. The maximum Gasteiger partial charge on any atom is 0.472 e. The first-order valence-corrected chi connectivity index (χ1v) is 41.6. The molecule has 0 amide bonds. The average Bonchev–Trinajstić information content (AvgIpc) is 2.70. The molecule has 0 aliphatic heterocycles. The molecule has 0 radical (unpaired) electrons. The number of ether oxygens (including phenoxy) is 4. The van der Waals surface area contributed by atoms with Gasteiger partial charge in [0.15, 0.2) is 12.2 Å². The molecule has 0 bridgehead atoms. The summed E-state index contributed by atoms with van der Waals surface area (Å²) < 4.78 is 68.3. The second-order valence-corrected chi connectivity index (χ2v) is 30.1. The van der Waals surface area contributed by atoms with E-state index in [9.17, 15) is 43.2 Å². The fourth-order valence-corrected chi connectivity index (χ4v) is 12.9. The normalized spacial score (nSPS) is 14.0. The topological polar surface area (TPSA) is 237 Å². The molecular formula is C74H144O17P2. The van der Waals surface area contributed by atoms with Crippen molar-refractivity contribution < 1.29 is 80.2 Å². The number of carbonyl (C=O) groups is 4. The van der Waals surface area contributed by atoms with E-state index in [0.717, 1.165) is 109 Å². The largest absolute Gasteiger partial charge is 0.472 e. The van der Waals surface area contributed by atoms with E-state index in [4.69, 9.17) is 37.0 Å². The minimum absolute atomic E-state index is 0.106. The Kier molecular flexibility index (Phi) is 65.9. The van der Waals surface area contributed by atoms with Crippen molar-refractivity contribution in [2.45, 2.75) is 406 Å². The van der Waals surface area contributed by atoms with Crippen molar-refractivity contribution >= 4 is 39.5 Å². The summed E-state index contributed by atoms with van der Waals surface area (Å²) in [6, 6.07) is 0. The van der Waals surface area contributed by atoms with Gasteiger partial charge in [-0.3, -0.25) is 37.3 Å². The van der Waals surface area contributed by atoms with E-state index >= 15 is 0 Å². The van der Waals surface area contributed by atoms with Crippen LogP contribution in [0.5, 0.6) is 0 Å². The van der Waals surface area contributed by atoms with Crippen LogP contribution in [-0.4, -0.2) is 96.7 Å². The van der Waals surface area contributed by atoms with Gasteiger partial charge in [-0.2, -0.15) is 0 Å². The van der Waals surface area contributed by atoms with Gasteiger partial charge in [-0.1, -0.05) is 336 Å². The van der Waals surface area contributed by atoms with E-state index in [1.807, 2.05) is 0 Å². The number of aliphatic hydroxyl groups is 1. The molecule has 0 aromatic rings. The molecule has 552 valence electrons. The van der Waals surface area contributed by atoms with Crippen LogP contribution in [0.3, 0.4) is 0 Å². The minimum atomic E-state index is -4.95. The van der Waals surface area contributed by atoms with Crippen LogP contribution in [0.1, 0.15) is 388 Å². The Bertz CT molecular complexity index is 1790. The predicted octanol–water partition coefficient (Wildman–Crippen LogP) is 21.7. The number of aliphatic hydroxyl groups excluding tert-OH is 1. The third kappa shape index (κ3) is 68.4. The van der Waals surface area contributed by atoms with E-state index < -0.39 is 97.5 Å². The minimum Gasteiger partial charge on any atom is -0.462 e. The molecule has 0 spiro atoms. The highest BCUT2D eigenvalue weighted by Crippen LogP contribution is 2.45. The highest BCUT2D eigenvalue weighted by Gasteiger charge is 2.30. The maximum absolute atomic E-state index is 13.1. The molecule has 0 saturated carbocycles. The van der Waals surface area contributed by atoms with Gasteiger partial charge >= 0.3 is 39.5 Å². The summed E-state index contributed by atoms with van der Waals surface area (Å²) in [5.41, 5.74) is 0. The number of carbonyl (C=O) groups excluding carboxylic acids is 4. The molecule has 19 heteroatoms. The molecule has 0 aliphatic carbocycles. The molecule has 0 saturated heterocycles. The van der Waals surface area contributed by atoms with E-state index in [0.29, 0.717) is 25.7 Å². The lowest BCUT2D eigenvalue weighted by Crippen LogP contribution is -2.30. The molecule has 3 N–H and O–H groups in total. The van der Waals surface area contributed by atoms with E-state index in [1.165, 1.54) is 199 Å². The van der Waals surface area contributed by atoms with Gasteiger partial charge in [-0.05, 0) is 31.6 Å². The van der Waals surface area contributed by atoms with Crippen LogP contribution in [0.15, 0.2) is 0 Å². The third-order valence-corrected chi connectivity index (χ3v) is 19.2. The Morgan fingerprint density at radius 2 is 0.495 bits per heavy atom. The van der Waals surface area contributed by atoms with Crippen LogP contribution in [-0.2, 0) is 65.4 Å². The molecule has 0 aromatic carbocycles. The first-order valence-electron chi connectivity index (χ1n) is 38.6. The summed E-state index contributed by atoms with van der Waals surface area (Å²) >= 11 is 0. The van der Waals surface area contributed by atoms with Crippen LogP contribution in [0.4, 0.5) is 0 Å². The van der Waals surface area contributed by atoms with Gasteiger partial charge in [0.1, 0.15) is 19.3 Å². The van der Waals surface area contributed by atoms with Crippen molar-refractivity contribution in [3.63, 3.8) is 0 Å². The van der Waals surface area contributed by atoms with E-state index in [1.54, 1.807) is 0 Å². The Hall–Kier alpha value is -1.94.